The Hall–Kier alpha value is -1.88. The SMILES string of the molecule is COc1ccc(CN2CCC3(CC2)C[C@@H](OCc2ccccc2)CO3)cc1. The first kappa shape index (κ1) is 18.5. The summed E-state index contributed by atoms with van der Waals surface area (Å²) in [5.74, 6) is 0.914. The average molecular weight is 367 g/mol. The van der Waals surface area contributed by atoms with Crippen molar-refractivity contribution < 1.29 is 14.2 Å². The molecule has 2 aromatic rings. The van der Waals surface area contributed by atoms with Crippen molar-refractivity contribution in [1.82, 2.24) is 4.90 Å². The average Bonchev–Trinajstić information content (AvgIpc) is 3.12. The highest BCUT2D eigenvalue weighted by Crippen LogP contribution is 2.37. The van der Waals surface area contributed by atoms with Gasteiger partial charge in [0.05, 0.1) is 32.0 Å². The van der Waals surface area contributed by atoms with Crippen molar-refractivity contribution in [3.05, 3.63) is 65.7 Å². The Labute approximate surface area is 162 Å². The fourth-order valence-electron chi connectivity index (χ4n) is 4.15. The Kier molecular flexibility index (Phi) is 5.77. The van der Waals surface area contributed by atoms with Gasteiger partial charge in [-0.3, -0.25) is 4.90 Å². The molecule has 27 heavy (non-hydrogen) atoms. The molecule has 4 nitrogen and oxygen atoms in total. The monoisotopic (exact) mass is 367 g/mol. The van der Waals surface area contributed by atoms with E-state index in [1.165, 1.54) is 11.1 Å². The second kappa shape index (κ2) is 8.42. The van der Waals surface area contributed by atoms with E-state index < -0.39 is 0 Å². The second-order valence-electron chi connectivity index (χ2n) is 7.74. The minimum absolute atomic E-state index is 0.0256. The molecule has 2 aliphatic rings. The van der Waals surface area contributed by atoms with Crippen LogP contribution in [0, 0.1) is 0 Å². The number of ether oxygens (including phenoxy) is 3. The van der Waals surface area contributed by atoms with Gasteiger partial charge in [0, 0.05) is 26.1 Å². The van der Waals surface area contributed by atoms with Gasteiger partial charge in [0.25, 0.3) is 0 Å². The highest BCUT2D eigenvalue weighted by atomic mass is 16.6. The first-order valence-electron chi connectivity index (χ1n) is 9.89. The van der Waals surface area contributed by atoms with Crippen LogP contribution in [0.4, 0.5) is 0 Å². The van der Waals surface area contributed by atoms with Crippen molar-refractivity contribution in [2.45, 2.75) is 44.1 Å². The van der Waals surface area contributed by atoms with Crippen molar-refractivity contribution in [1.29, 1.82) is 0 Å². The van der Waals surface area contributed by atoms with E-state index in [2.05, 4.69) is 41.3 Å². The second-order valence-corrected chi connectivity index (χ2v) is 7.74. The van der Waals surface area contributed by atoms with Gasteiger partial charge in [-0.1, -0.05) is 42.5 Å². The molecule has 0 radical (unpaired) electrons. The minimum atomic E-state index is 0.0256. The molecule has 144 valence electrons. The Bertz CT molecular complexity index is 708. The molecule has 4 heteroatoms. The van der Waals surface area contributed by atoms with Crippen molar-refractivity contribution in [2.24, 2.45) is 0 Å². The predicted octanol–water partition coefficient (Wildman–Crippen LogP) is 4.04. The van der Waals surface area contributed by atoms with Gasteiger partial charge in [-0.15, -0.1) is 0 Å². The van der Waals surface area contributed by atoms with E-state index >= 15 is 0 Å². The molecule has 0 aromatic heterocycles. The Morgan fingerprint density at radius 2 is 1.74 bits per heavy atom. The lowest BCUT2D eigenvalue weighted by Gasteiger charge is -2.38. The van der Waals surface area contributed by atoms with E-state index in [-0.39, 0.29) is 11.7 Å². The molecule has 1 spiro atoms. The van der Waals surface area contributed by atoms with E-state index in [1.54, 1.807) is 7.11 Å². The summed E-state index contributed by atoms with van der Waals surface area (Å²) in [6.45, 7) is 4.56. The summed E-state index contributed by atoms with van der Waals surface area (Å²) in [6, 6.07) is 18.8. The van der Waals surface area contributed by atoms with Crippen LogP contribution in [0.1, 0.15) is 30.4 Å². The zero-order valence-corrected chi connectivity index (χ0v) is 16.1. The van der Waals surface area contributed by atoms with Crippen LogP contribution in [-0.2, 0) is 22.6 Å². The zero-order chi connectivity index (χ0) is 18.5. The van der Waals surface area contributed by atoms with Crippen LogP contribution in [0.25, 0.3) is 0 Å². The maximum Gasteiger partial charge on any atom is 0.118 e. The van der Waals surface area contributed by atoms with E-state index in [0.29, 0.717) is 6.61 Å². The fraction of sp³-hybridized carbons (Fsp3) is 0.478. The number of methoxy groups -OCH3 is 1. The molecule has 2 aliphatic heterocycles. The molecule has 0 bridgehead atoms. The van der Waals surface area contributed by atoms with Crippen LogP contribution >= 0.6 is 0 Å². The summed E-state index contributed by atoms with van der Waals surface area (Å²) in [5, 5.41) is 0. The van der Waals surface area contributed by atoms with Crippen LogP contribution < -0.4 is 4.74 Å². The fourth-order valence-corrected chi connectivity index (χ4v) is 4.15. The molecular weight excluding hydrogens is 338 g/mol. The molecule has 2 aromatic carbocycles. The van der Waals surface area contributed by atoms with Gasteiger partial charge in [0.2, 0.25) is 0 Å². The summed E-state index contributed by atoms with van der Waals surface area (Å²) in [4.78, 5) is 2.52. The summed E-state index contributed by atoms with van der Waals surface area (Å²) in [6.07, 6.45) is 3.43. The molecule has 4 rings (SSSR count). The standard InChI is InChI=1S/C23H29NO3/c1-25-21-9-7-19(8-10-21)16-24-13-11-23(12-14-24)15-22(18-27-23)26-17-20-5-3-2-4-6-20/h2-10,22H,11-18H2,1H3/t22-/m1/s1. The zero-order valence-electron chi connectivity index (χ0n) is 16.1. The molecule has 2 fully saturated rings. The van der Waals surface area contributed by atoms with Gasteiger partial charge in [0.15, 0.2) is 0 Å². The first-order valence-corrected chi connectivity index (χ1v) is 9.89. The third kappa shape index (κ3) is 4.70. The lowest BCUT2D eigenvalue weighted by atomic mass is 9.88. The number of nitrogens with zero attached hydrogens (tertiary/aromatic N) is 1. The predicted molar refractivity (Wildman–Crippen MR) is 106 cm³/mol. The molecule has 2 saturated heterocycles. The van der Waals surface area contributed by atoms with Gasteiger partial charge in [-0.25, -0.2) is 0 Å². The van der Waals surface area contributed by atoms with Crippen LogP contribution in [-0.4, -0.2) is 43.4 Å². The van der Waals surface area contributed by atoms with Crippen molar-refractivity contribution in [3.63, 3.8) is 0 Å². The summed E-state index contributed by atoms with van der Waals surface area (Å²) >= 11 is 0. The topological polar surface area (TPSA) is 30.9 Å². The molecule has 0 saturated carbocycles. The summed E-state index contributed by atoms with van der Waals surface area (Å²) < 4.78 is 17.6. The molecule has 0 aliphatic carbocycles. The molecule has 2 heterocycles. The van der Waals surface area contributed by atoms with Gasteiger partial charge in [0.1, 0.15) is 5.75 Å². The summed E-state index contributed by atoms with van der Waals surface area (Å²) in [5.41, 5.74) is 2.59. The van der Waals surface area contributed by atoms with E-state index in [1.807, 2.05) is 18.2 Å². The number of rotatable bonds is 6. The Morgan fingerprint density at radius 3 is 2.44 bits per heavy atom. The van der Waals surface area contributed by atoms with Gasteiger partial charge < -0.3 is 14.2 Å². The third-order valence-corrected chi connectivity index (χ3v) is 5.84. The number of likely N-dealkylation sites (tertiary alicyclic amines) is 1. The van der Waals surface area contributed by atoms with Crippen LogP contribution in [0.15, 0.2) is 54.6 Å². The smallest absolute Gasteiger partial charge is 0.118 e. The third-order valence-electron chi connectivity index (χ3n) is 5.84. The lowest BCUT2D eigenvalue weighted by Crippen LogP contribution is -2.43. The van der Waals surface area contributed by atoms with Crippen LogP contribution in [0.2, 0.25) is 0 Å². The highest BCUT2D eigenvalue weighted by molar-refractivity contribution is 5.27. The van der Waals surface area contributed by atoms with E-state index in [9.17, 15) is 0 Å². The number of hydrogen-bond acceptors (Lipinski definition) is 4. The molecule has 0 N–H and O–H groups in total. The van der Waals surface area contributed by atoms with Gasteiger partial charge in [-0.2, -0.15) is 0 Å². The first-order chi connectivity index (χ1) is 13.2. The lowest BCUT2D eigenvalue weighted by molar-refractivity contribution is -0.0468. The molecule has 1 atom stereocenters. The maximum absolute atomic E-state index is 6.24. The highest BCUT2D eigenvalue weighted by Gasteiger charge is 2.43. The maximum atomic E-state index is 6.24. The van der Waals surface area contributed by atoms with E-state index in [0.717, 1.165) is 51.3 Å². The number of piperidine rings is 1. The van der Waals surface area contributed by atoms with Gasteiger partial charge in [-0.05, 0) is 36.1 Å². The number of hydrogen-bond donors (Lipinski definition) is 0. The minimum Gasteiger partial charge on any atom is -0.497 e. The quantitative estimate of drug-likeness (QED) is 0.771. The van der Waals surface area contributed by atoms with Crippen molar-refractivity contribution in [3.8, 4) is 5.75 Å². The van der Waals surface area contributed by atoms with Gasteiger partial charge >= 0.3 is 0 Å². The van der Waals surface area contributed by atoms with Crippen LogP contribution in [0.3, 0.4) is 0 Å². The van der Waals surface area contributed by atoms with Crippen molar-refractivity contribution >= 4 is 0 Å². The molecular formula is C23H29NO3. The Balaban J connectivity index is 1.23. The molecule has 0 amide bonds. The molecule has 0 unspecified atom stereocenters. The van der Waals surface area contributed by atoms with Crippen molar-refractivity contribution in [2.75, 3.05) is 26.8 Å². The Morgan fingerprint density at radius 1 is 1.00 bits per heavy atom. The van der Waals surface area contributed by atoms with Crippen LogP contribution in [0.5, 0.6) is 5.75 Å². The number of benzene rings is 2. The largest absolute Gasteiger partial charge is 0.497 e. The van der Waals surface area contributed by atoms with E-state index in [4.69, 9.17) is 14.2 Å². The summed E-state index contributed by atoms with van der Waals surface area (Å²) in [7, 11) is 1.71. The normalized spacial score (nSPS) is 22.2.